The fourth-order valence-corrected chi connectivity index (χ4v) is 2.78. The number of hydrogen-bond donors (Lipinski definition) is 1. The SMILES string of the molecule is N#Cc1nc(NCC2CCCN2C#N)cc2ccccc12. The molecule has 5 nitrogen and oxygen atoms in total. The van der Waals surface area contributed by atoms with Crippen molar-refractivity contribution < 1.29 is 0 Å². The van der Waals surface area contributed by atoms with Crippen molar-refractivity contribution in [1.82, 2.24) is 9.88 Å². The highest BCUT2D eigenvalue weighted by molar-refractivity contribution is 5.88. The Kier molecular flexibility index (Phi) is 3.57. The number of anilines is 1. The van der Waals surface area contributed by atoms with Crippen LogP contribution in [0.15, 0.2) is 30.3 Å². The Morgan fingerprint density at radius 2 is 2.19 bits per heavy atom. The molecule has 1 N–H and O–H groups in total. The summed E-state index contributed by atoms with van der Waals surface area (Å²) in [5, 5.41) is 23.4. The number of likely N-dealkylation sites (tertiary alicyclic amines) is 1. The maximum atomic E-state index is 9.23. The minimum Gasteiger partial charge on any atom is -0.368 e. The number of aromatic nitrogens is 1. The summed E-state index contributed by atoms with van der Waals surface area (Å²) in [5.74, 6) is 0.690. The minimum atomic E-state index is 0.216. The maximum absolute atomic E-state index is 9.23. The normalized spacial score (nSPS) is 17.4. The van der Waals surface area contributed by atoms with Crippen LogP contribution in [-0.4, -0.2) is 29.0 Å². The van der Waals surface area contributed by atoms with Gasteiger partial charge in [-0.3, -0.25) is 0 Å². The third-order valence-corrected chi connectivity index (χ3v) is 3.87. The van der Waals surface area contributed by atoms with Gasteiger partial charge in [-0.1, -0.05) is 24.3 Å². The van der Waals surface area contributed by atoms with Crippen molar-refractivity contribution in [1.29, 1.82) is 10.5 Å². The first kappa shape index (κ1) is 13.2. The molecule has 0 spiro atoms. The van der Waals surface area contributed by atoms with E-state index in [2.05, 4.69) is 22.6 Å². The molecule has 0 amide bonds. The van der Waals surface area contributed by atoms with Crippen LogP contribution in [0.5, 0.6) is 0 Å². The van der Waals surface area contributed by atoms with Crippen molar-refractivity contribution >= 4 is 16.6 Å². The lowest BCUT2D eigenvalue weighted by molar-refractivity contribution is 0.377. The second-order valence-corrected chi connectivity index (χ2v) is 5.16. The third-order valence-electron chi connectivity index (χ3n) is 3.87. The van der Waals surface area contributed by atoms with Gasteiger partial charge >= 0.3 is 0 Å². The van der Waals surface area contributed by atoms with Crippen molar-refractivity contribution in [3.8, 4) is 12.3 Å². The van der Waals surface area contributed by atoms with Crippen molar-refractivity contribution in [3.05, 3.63) is 36.0 Å². The smallest absolute Gasteiger partial charge is 0.179 e. The largest absolute Gasteiger partial charge is 0.368 e. The predicted octanol–water partition coefficient (Wildman–Crippen LogP) is 2.46. The summed E-state index contributed by atoms with van der Waals surface area (Å²) in [4.78, 5) is 6.16. The van der Waals surface area contributed by atoms with Crippen LogP contribution in [0.3, 0.4) is 0 Å². The van der Waals surface area contributed by atoms with Crippen LogP contribution in [0.1, 0.15) is 18.5 Å². The van der Waals surface area contributed by atoms with Gasteiger partial charge in [0, 0.05) is 18.5 Å². The summed E-state index contributed by atoms with van der Waals surface area (Å²) in [6.07, 6.45) is 4.29. The van der Waals surface area contributed by atoms with E-state index in [1.807, 2.05) is 30.3 Å². The third kappa shape index (κ3) is 2.59. The fourth-order valence-electron chi connectivity index (χ4n) is 2.78. The Morgan fingerprint density at radius 3 is 3.00 bits per heavy atom. The molecule has 1 aromatic heterocycles. The molecule has 1 aliphatic heterocycles. The molecule has 2 aromatic rings. The molecule has 0 aliphatic carbocycles. The summed E-state index contributed by atoms with van der Waals surface area (Å²) in [6.45, 7) is 1.50. The number of pyridine rings is 1. The second kappa shape index (κ2) is 5.68. The average molecular weight is 277 g/mol. The van der Waals surface area contributed by atoms with E-state index in [0.29, 0.717) is 18.1 Å². The molecule has 104 valence electrons. The molecular weight excluding hydrogens is 262 g/mol. The average Bonchev–Trinajstić information content (AvgIpc) is 2.99. The molecule has 0 bridgehead atoms. The molecule has 1 atom stereocenters. The molecular formula is C16H15N5. The highest BCUT2D eigenvalue weighted by Crippen LogP contribution is 2.21. The second-order valence-electron chi connectivity index (χ2n) is 5.16. The van der Waals surface area contributed by atoms with Crippen molar-refractivity contribution in [2.75, 3.05) is 18.4 Å². The molecule has 21 heavy (non-hydrogen) atoms. The van der Waals surface area contributed by atoms with Gasteiger partial charge in [-0.2, -0.15) is 10.5 Å². The van der Waals surface area contributed by atoms with E-state index < -0.39 is 0 Å². The number of rotatable bonds is 3. The lowest BCUT2D eigenvalue weighted by atomic mass is 10.1. The number of hydrogen-bond acceptors (Lipinski definition) is 5. The van der Waals surface area contributed by atoms with Gasteiger partial charge in [0.15, 0.2) is 11.9 Å². The van der Waals surface area contributed by atoms with Crippen molar-refractivity contribution in [2.45, 2.75) is 18.9 Å². The highest BCUT2D eigenvalue weighted by Gasteiger charge is 2.23. The van der Waals surface area contributed by atoms with Gasteiger partial charge in [0.25, 0.3) is 0 Å². The standard InChI is InChI=1S/C16H15N5/c17-9-15-14-6-2-1-4-12(14)8-16(20-15)19-10-13-5-3-7-21(13)11-18/h1-2,4,6,8,13H,3,5,7,10H2,(H,19,20). The van der Waals surface area contributed by atoms with E-state index in [0.717, 1.165) is 30.2 Å². The molecule has 0 saturated carbocycles. The van der Waals surface area contributed by atoms with Gasteiger partial charge in [-0.25, -0.2) is 4.98 Å². The monoisotopic (exact) mass is 277 g/mol. The number of nitriles is 2. The van der Waals surface area contributed by atoms with Crippen LogP contribution in [0, 0.1) is 22.8 Å². The van der Waals surface area contributed by atoms with Gasteiger partial charge in [0.05, 0.1) is 6.04 Å². The van der Waals surface area contributed by atoms with Crippen LogP contribution in [0.25, 0.3) is 10.8 Å². The van der Waals surface area contributed by atoms with E-state index in [1.54, 1.807) is 4.90 Å². The quantitative estimate of drug-likeness (QED) is 0.872. The summed E-state index contributed by atoms with van der Waals surface area (Å²) in [7, 11) is 0. The summed E-state index contributed by atoms with van der Waals surface area (Å²) < 4.78 is 0. The van der Waals surface area contributed by atoms with Gasteiger partial charge in [-0.15, -0.1) is 0 Å². The summed E-state index contributed by atoms with van der Waals surface area (Å²) >= 11 is 0. The van der Waals surface area contributed by atoms with Crippen LogP contribution in [-0.2, 0) is 0 Å². The molecule has 1 aromatic carbocycles. The maximum Gasteiger partial charge on any atom is 0.179 e. The van der Waals surface area contributed by atoms with Crippen LogP contribution >= 0.6 is 0 Å². The number of nitrogens with one attached hydrogen (secondary N) is 1. The zero-order valence-corrected chi connectivity index (χ0v) is 11.6. The predicted molar refractivity (Wildman–Crippen MR) is 80.3 cm³/mol. The first-order valence-electron chi connectivity index (χ1n) is 7.02. The lowest BCUT2D eigenvalue weighted by Gasteiger charge is -2.19. The lowest BCUT2D eigenvalue weighted by Crippen LogP contribution is -2.31. The van der Waals surface area contributed by atoms with Gasteiger partial charge in [0.2, 0.25) is 0 Å². The van der Waals surface area contributed by atoms with E-state index in [4.69, 9.17) is 5.26 Å². The van der Waals surface area contributed by atoms with E-state index in [-0.39, 0.29) is 6.04 Å². The summed E-state index contributed by atoms with van der Waals surface area (Å²) in [5.41, 5.74) is 0.430. The molecule has 1 saturated heterocycles. The molecule has 1 fully saturated rings. The fraction of sp³-hybridized carbons (Fsp3) is 0.312. The van der Waals surface area contributed by atoms with Gasteiger partial charge in [-0.05, 0) is 24.3 Å². The van der Waals surface area contributed by atoms with E-state index in [1.165, 1.54) is 0 Å². The highest BCUT2D eigenvalue weighted by atomic mass is 15.2. The van der Waals surface area contributed by atoms with Crippen LogP contribution in [0.4, 0.5) is 5.82 Å². The van der Waals surface area contributed by atoms with Crippen molar-refractivity contribution in [3.63, 3.8) is 0 Å². The van der Waals surface area contributed by atoms with Crippen molar-refractivity contribution in [2.24, 2.45) is 0 Å². The number of benzene rings is 1. The van der Waals surface area contributed by atoms with E-state index in [9.17, 15) is 5.26 Å². The molecule has 3 rings (SSSR count). The Balaban J connectivity index is 1.82. The Morgan fingerprint density at radius 1 is 1.33 bits per heavy atom. The van der Waals surface area contributed by atoms with Gasteiger partial charge < -0.3 is 10.2 Å². The first-order chi connectivity index (χ1) is 10.3. The Labute approximate surface area is 123 Å². The summed E-state index contributed by atoms with van der Waals surface area (Å²) in [6, 6.07) is 12.0. The van der Waals surface area contributed by atoms with Crippen LogP contribution < -0.4 is 5.32 Å². The van der Waals surface area contributed by atoms with Crippen LogP contribution in [0.2, 0.25) is 0 Å². The zero-order chi connectivity index (χ0) is 14.7. The molecule has 5 heteroatoms. The Bertz CT molecular complexity index is 740. The topological polar surface area (TPSA) is 75.7 Å². The number of nitrogens with zero attached hydrogens (tertiary/aromatic N) is 4. The molecule has 0 radical (unpaired) electrons. The Hall–Kier alpha value is -2.79. The first-order valence-corrected chi connectivity index (χ1v) is 7.02. The molecule has 1 unspecified atom stereocenters. The molecule has 2 heterocycles. The minimum absolute atomic E-state index is 0.216. The van der Waals surface area contributed by atoms with Gasteiger partial charge in [0.1, 0.15) is 11.9 Å². The van der Waals surface area contributed by atoms with E-state index >= 15 is 0 Å². The zero-order valence-electron chi connectivity index (χ0n) is 11.6. The molecule has 1 aliphatic rings. The number of fused-ring (bicyclic) bond motifs is 1.